The van der Waals surface area contributed by atoms with E-state index in [9.17, 15) is 10.1 Å². The standard InChI is InChI=1S/C17H16ClN3OS/c18-12-3-1-2-11(8-12)4-5-16(22)21-17-14(9-19)13-6-7-20-10-15(13)23-17/h1-3,8,20H,4-7,10H2,(H,21,22). The van der Waals surface area contributed by atoms with Crippen molar-refractivity contribution in [3.8, 4) is 6.07 Å². The van der Waals surface area contributed by atoms with Crippen LogP contribution in [0.15, 0.2) is 24.3 Å². The van der Waals surface area contributed by atoms with Crippen LogP contribution in [0.1, 0.15) is 28.0 Å². The molecule has 0 saturated carbocycles. The molecule has 0 spiro atoms. The molecule has 2 N–H and O–H groups in total. The van der Waals surface area contributed by atoms with Gasteiger partial charge >= 0.3 is 0 Å². The lowest BCUT2D eigenvalue weighted by atomic mass is 10.0. The predicted molar refractivity (Wildman–Crippen MR) is 92.8 cm³/mol. The number of fused-ring (bicyclic) bond motifs is 1. The molecule has 0 aliphatic carbocycles. The molecule has 0 radical (unpaired) electrons. The number of rotatable bonds is 4. The number of hydrogen-bond acceptors (Lipinski definition) is 4. The van der Waals surface area contributed by atoms with Gasteiger partial charge in [0.05, 0.1) is 5.56 Å². The molecule has 3 rings (SSSR count). The molecule has 0 unspecified atom stereocenters. The number of carbonyl (C=O) groups is 1. The minimum Gasteiger partial charge on any atom is -0.317 e. The lowest BCUT2D eigenvalue weighted by Gasteiger charge is -2.11. The Labute approximate surface area is 144 Å². The van der Waals surface area contributed by atoms with Crippen molar-refractivity contribution in [2.75, 3.05) is 11.9 Å². The van der Waals surface area contributed by atoms with E-state index in [4.69, 9.17) is 11.6 Å². The number of carbonyl (C=O) groups excluding carboxylic acids is 1. The predicted octanol–water partition coefficient (Wildman–Crippen LogP) is 3.49. The Kier molecular flexibility index (Phi) is 4.97. The zero-order chi connectivity index (χ0) is 16.2. The summed E-state index contributed by atoms with van der Waals surface area (Å²) in [6, 6.07) is 9.75. The third-order valence-corrected chi connectivity index (χ3v) is 5.21. The number of nitrogens with one attached hydrogen (secondary N) is 2. The van der Waals surface area contributed by atoms with Gasteiger partial charge in [0.25, 0.3) is 0 Å². The summed E-state index contributed by atoms with van der Waals surface area (Å²) in [5, 5.41) is 16.9. The minimum absolute atomic E-state index is 0.0759. The Bertz CT molecular complexity index is 779. The molecule has 0 atom stereocenters. The van der Waals surface area contributed by atoms with Crippen LogP contribution in [0.4, 0.5) is 5.00 Å². The summed E-state index contributed by atoms with van der Waals surface area (Å²) in [6.07, 6.45) is 1.83. The Morgan fingerprint density at radius 3 is 3.13 bits per heavy atom. The highest BCUT2D eigenvalue weighted by Gasteiger charge is 2.21. The first-order valence-corrected chi connectivity index (χ1v) is 8.66. The van der Waals surface area contributed by atoms with Crippen molar-refractivity contribution in [1.29, 1.82) is 5.26 Å². The molecule has 4 nitrogen and oxygen atoms in total. The highest BCUT2D eigenvalue weighted by atomic mass is 35.5. The van der Waals surface area contributed by atoms with Crippen molar-refractivity contribution in [2.45, 2.75) is 25.8 Å². The lowest BCUT2D eigenvalue weighted by Crippen LogP contribution is -2.22. The topological polar surface area (TPSA) is 64.9 Å². The molecule has 1 aliphatic rings. The Morgan fingerprint density at radius 1 is 1.48 bits per heavy atom. The molecule has 1 aromatic carbocycles. The molecule has 2 aromatic rings. The number of aryl methyl sites for hydroxylation is 1. The monoisotopic (exact) mass is 345 g/mol. The third kappa shape index (κ3) is 3.73. The summed E-state index contributed by atoms with van der Waals surface area (Å²) in [7, 11) is 0. The van der Waals surface area contributed by atoms with E-state index in [0.29, 0.717) is 28.4 Å². The molecule has 0 bridgehead atoms. The minimum atomic E-state index is -0.0759. The van der Waals surface area contributed by atoms with Crippen LogP contribution in [0.25, 0.3) is 0 Å². The van der Waals surface area contributed by atoms with Gasteiger partial charge in [-0.2, -0.15) is 5.26 Å². The van der Waals surface area contributed by atoms with Gasteiger partial charge in [-0.05, 0) is 42.6 Å². The van der Waals surface area contributed by atoms with E-state index in [1.807, 2.05) is 24.3 Å². The fourth-order valence-corrected chi connectivity index (χ4v) is 4.08. The SMILES string of the molecule is N#Cc1c(NC(=O)CCc2cccc(Cl)c2)sc2c1CCNC2. The number of nitriles is 1. The number of nitrogens with zero attached hydrogens (tertiary/aromatic N) is 1. The zero-order valence-corrected chi connectivity index (χ0v) is 14.1. The van der Waals surface area contributed by atoms with E-state index in [0.717, 1.165) is 35.5 Å². The molecular formula is C17H16ClN3OS. The van der Waals surface area contributed by atoms with E-state index >= 15 is 0 Å². The average molecular weight is 346 g/mol. The van der Waals surface area contributed by atoms with Gasteiger partial charge in [-0.15, -0.1) is 11.3 Å². The maximum atomic E-state index is 12.2. The van der Waals surface area contributed by atoms with Crippen LogP contribution < -0.4 is 10.6 Å². The molecule has 2 heterocycles. The number of thiophene rings is 1. The first kappa shape index (κ1) is 16.0. The van der Waals surface area contributed by atoms with Crippen LogP contribution >= 0.6 is 22.9 Å². The number of hydrogen-bond donors (Lipinski definition) is 2. The highest BCUT2D eigenvalue weighted by Crippen LogP contribution is 2.34. The van der Waals surface area contributed by atoms with E-state index in [1.54, 1.807) is 0 Å². The summed E-state index contributed by atoms with van der Waals surface area (Å²) in [6.45, 7) is 1.65. The molecule has 1 aromatic heterocycles. The summed E-state index contributed by atoms with van der Waals surface area (Å²) < 4.78 is 0. The molecular weight excluding hydrogens is 330 g/mol. The van der Waals surface area contributed by atoms with E-state index in [-0.39, 0.29) is 5.91 Å². The lowest BCUT2D eigenvalue weighted by molar-refractivity contribution is -0.116. The Balaban J connectivity index is 1.66. The first-order valence-electron chi connectivity index (χ1n) is 7.47. The maximum absolute atomic E-state index is 12.2. The average Bonchev–Trinajstić information content (AvgIpc) is 2.90. The van der Waals surface area contributed by atoms with E-state index in [2.05, 4.69) is 16.7 Å². The van der Waals surface area contributed by atoms with Gasteiger partial charge in [0.2, 0.25) is 5.91 Å². The molecule has 0 saturated heterocycles. The van der Waals surface area contributed by atoms with Crippen molar-refractivity contribution in [3.05, 3.63) is 50.9 Å². The quantitative estimate of drug-likeness (QED) is 0.891. The maximum Gasteiger partial charge on any atom is 0.225 e. The Hall–Kier alpha value is -1.87. The molecule has 1 aliphatic heterocycles. The van der Waals surface area contributed by atoms with Gasteiger partial charge in [-0.1, -0.05) is 23.7 Å². The van der Waals surface area contributed by atoms with E-state index < -0.39 is 0 Å². The molecule has 1 amide bonds. The summed E-state index contributed by atoms with van der Waals surface area (Å²) in [5.74, 6) is -0.0759. The second-order valence-electron chi connectivity index (χ2n) is 5.42. The molecule has 118 valence electrons. The van der Waals surface area contributed by atoms with E-state index in [1.165, 1.54) is 11.3 Å². The molecule has 6 heteroatoms. The van der Waals surface area contributed by atoms with Crippen molar-refractivity contribution < 1.29 is 4.79 Å². The van der Waals surface area contributed by atoms with Crippen LogP contribution in [-0.4, -0.2) is 12.5 Å². The fourth-order valence-electron chi connectivity index (χ4n) is 2.68. The van der Waals surface area contributed by atoms with Gasteiger partial charge < -0.3 is 10.6 Å². The van der Waals surface area contributed by atoms with Crippen LogP contribution in [0.5, 0.6) is 0 Å². The van der Waals surface area contributed by atoms with Crippen molar-refractivity contribution in [3.63, 3.8) is 0 Å². The normalized spacial score (nSPS) is 13.2. The Morgan fingerprint density at radius 2 is 2.35 bits per heavy atom. The molecule has 23 heavy (non-hydrogen) atoms. The number of anilines is 1. The van der Waals surface area contributed by atoms with Gasteiger partial charge in [-0.25, -0.2) is 0 Å². The zero-order valence-electron chi connectivity index (χ0n) is 12.5. The van der Waals surface area contributed by atoms with Crippen LogP contribution in [-0.2, 0) is 24.2 Å². The fraction of sp³-hybridized carbons (Fsp3) is 0.294. The second kappa shape index (κ2) is 7.14. The largest absolute Gasteiger partial charge is 0.317 e. The number of benzene rings is 1. The van der Waals surface area contributed by atoms with Crippen LogP contribution in [0.3, 0.4) is 0 Å². The van der Waals surface area contributed by atoms with Gasteiger partial charge in [-0.3, -0.25) is 4.79 Å². The summed E-state index contributed by atoms with van der Waals surface area (Å²) >= 11 is 7.45. The molecule has 0 fully saturated rings. The van der Waals surface area contributed by atoms with Gasteiger partial charge in [0.15, 0.2) is 0 Å². The van der Waals surface area contributed by atoms with Gasteiger partial charge in [0.1, 0.15) is 11.1 Å². The van der Waals surface area contributed by atoms with Crippen LogP contribution in [0.2, 0.25) is 5.02 Å². The summed E-state index contributed by atoms with van der Waals surface area (Å²) in [4.78, 5) is 13.3. The second-order valence-corrected chi connectivity index (χ2v) is 6.97. The number of halogens is 1. The van der Waals surface area contributed by atoms with Gasteiger partial charge in [0, 0.05) is 22.9 Å². The number of amides is 1. The third-order valence-electron chi connectivity index (χ3n) is 3.82. The van der Waals surface area contributed by atoms with Crippen molar-refractivity contribution >= 4 is 33.8 Å². The van der Waals surface area contributed by atoms with Crippen molar-refractivity contribution in [2.24, 2.45) is 0 Å². The first-order chi connectivity index (χ1) is 11.2. The van der Waals surface area contributed by atoms with Crippen LogP contribution in [0, 0.1) is 11.3 Å². The highest BCUT2D eigenvalue weighted by molar-refractivity contribution is 7.16. The van der Waals surface area contributed by atoms with Crippen molar-refractivity contribution in [1.82, 2.24) is 5.32 Å². The summed E-state index contributed by atoms with van der Waals surface area (Å²) in [5.41, 5.74) is 2.74. The smallest absolute Gasteiger partial charge is 0.225 e.